The molecule has 2 rings (SSSR count). The van der Waals surface area contributed by atoms with Gasteiger partial charge in [-0.05, 0) is 31.5 Å². The second kappa shape index (κ2) is 6.73. The molecule has 108 valence electrons. The first-order chi connectivity index (χ1) is 10.1. The van der Waals surface area contributed by atoms with Crippen LogP contribution in [0.1, 0.15) is 40.3 Å². The molecule has 5 heteroatoms. The Morgan fingerprint density at radius 2 is 2.33 bits per heavy atom. The summed E-state index contributed by atoms with van der Waals surface area (Å²) in [5, 5.41) is 11.6. The summed E-state index contributed by atoms with van der Waals surface area (Å²) in [6.45, 7) is 3.41. The number of aromatic nitrogens is 1. The molecular weight excluding hydrogens is 268 g/mol. The van der Waals surface area contributed by atoms with Crippen LogP contribution in [0, 0.1) is 18.8 Å². The molecule has 1 amide bonds. The van der Waals surface area contributed by atoms with Crippen LogP contribution < -0.4 is 5.32 Å². The Kier molecular flexibility index (Phi) is 4.75. The van der Waals surface area contributed by atoms with Crippen molar-refractivity contribution in [1.82, 2.24) is 10.3 Å². The van der Waals surface area contributed by atoms with Crippen LogP contribution in [-0.4, -0.2) is 22.6 Å². The first-order valence-electron chi connectivity index (χ1n) is 6.52. The molecule has 0 radical (unpaired) electrons. The number of aliphatic hydroxyl groups excluding tert-OH is 1. The Bertz CT molecular complexity index is 695. The van der Waals surface area contributed by atoms with E-state index in [-0.39, 0.29) is 24.3 Å². The lowest BCUT2D eigenvalue weighted by Crippen LogP contribution is -2.26. The first-order valence-corrected chi connectivity index (χ1v) is 6.52. The fraction of sp³-hybridized carbons (Fsp3) is 0.250. The number of amides is 1. The van der Waals surface area contributed by atoms with Crippen molar-refractivity contribution in [2.45, 2.75) is 19.9 Å². The SMILES string of the molecule is Cc1ncoc1C(=O)NC(C)c1cccc(C#CCO)c1. The van der Waals surface area contributed by atoms with E-state index in [1.165, 1.54) is 6.39 Å². The molecule has 0 spiro atoms. The van der Waals surface area contributed by atoms with Crippen LogP contribution in [0.3, 0.4) is 0 Å². The number of nitrogens with zero attached hydrogens (tertiary/aromatic N) is 1. The first kappa shape index (κ1) is 14.8. The van der Waals surface area contributed by atoms with E-state index >= 15 is 0 Å². The summed E-state index contributed by atoms with van der Waals surface area (Å²) in [5.74, 6) is 5.35. The van der Waals surface area contributed by atoms with Gasteiger partial charge in [0.15, 0.2) is 6.39 Å². The monoisotopic (exact) mass is 284 g/mol. The number of hydrogen-bond acceptors (Lipinski definition) is 4. The summed E-state index contributed by atoms with van der Waals surface area (Å²) in [5.41, 5.74) is 2.27. The average molecular weight is 284 g/mol. The van der Waals surface area contributed by atoms with Gasteiger partial charge in [-0.1, -0.05) is 24.0 Å². The number of carbonyl (C=O) groups excluding carboxylic acids is 1. The summed E-state index contributed by atoms with van der Waals surface area (Å²) >= 11 is 0. The van der Waals surface area contributed by atoms with Crippen LogP contribution in [0.4, 0.5) is 0 Å². The zero-order valence-electron chi connectivity index (χ0n) is 11.9. The standard InChI is InChI=1S/C16H16N2O3/c1-11(18-16(20)15-12(2)17-10-21-15)14-7-3-5-13(9-14)6-4-8-19/h3,5,7,9-11,19H,8H2,1-2H3,(H,18,20). The maximum atomic E-state index is 12.1. The third-order valence-corrected chi connectivity index (χ3v) is 3.00. The Labute approximate surface area is 123 Å². The fourth-order valence-corrected chi connectivity index (χ4v) is 1.89. The van der Waals surface area contributed by atoms with Crippen molar-refractivity contribution in [1.29, 1.82) is 0 Å². The third kappa shape index (κ3) is 3.71. The smallest absolute Gasteiger partial charge is 0.289 e. The van der Waals surface area contributed by atoms with Gasteiger partial charge in [-0.2, -0.15) is 0 Å². The number of benzene rings is 1. The lowest BCUT2D eigenvalue weighted by atomic mass is 10.1. The Morgan fingerprint density at radius 1 is 1.52 bits per heavy atom. The summed E-state index contributed by atoms with van der Waals surface area (Å²) in [6, 6.07) is 7.29. The van der Waals surface area contributed by atoms with Gasteiger partial charge in [0.1, 0.15) is 6.61 Å². The van der Waals surface area contributed by atoms with Crippen molar-refractivity contribution < 1.29 is 14.3 Å². The molecule has 21 heavy (non-hydrogen) atoms. The minimum Gasteiger partial charge on any atom is -0.438 e. The quantitative estimate of drug-likeness (QED) is 0.843. The molecule has 0 saturated heterocycles. The van der Waals surface area contributed by atoms with Crippen LogP contribution in [0.25, 0.3) is 0 Å². The van der Waals surface area contributed by atoms with Crippen molar-refractivity contribution in [3.63, 3.8) is 0 Å². The Morgan fingerprint density at radius 3 is 3.00 bits per heavy atom. The van der Waals surface area contributed by atoms with Gasteiger partial charge in [-0.15, -0.1) is 0 Å². The van der Waals surface area contributed by atoms with Gasteiger partial charge in [0.05, 0.1) is 11.7 Å². The van der Waals surface area contributed by atoms with E-state index in [1.807, 2.05) is 31.2 Å². The predicted molar refractivity (Wildman–Crippen MR) is 77.5 cm³/mol. The van der Waals surface area contributed by atoms with Gasteiger partial charge >= 0.3 is 0 Å². The predicted octanol–water partition coefficient (Wildman–Crippen LogP) is 1.82. The molecule has 2 aromatic rings. The second-order valence-corrected chi connectivity index (χ2v) is 4.55. The molecule has 1 heterocycles. The average Bonchev–Trinajstić information content (AvgIpc) is 2.91. The second-order valence-electron chi connectivity index (χ2n) is 4.55. The van der Waals surface area contributed by atoms with Gasteiger partial charge in [-0.3, -0.25) is 4.79 Å². The van der Waals surface area contributed by atoms with Gasteiger partial charge in [0, 0.05) is 5.56 Å². The largest absolute Gasteiger partial charge is 0.438 e. The highest BCUT2D eigenvalue weighted by Gasteiger charge is 2.17. The van der Waals surface area contributed by atoms with E-state index in [1.54, 1.807) is 6.92 Å². The minimum absolute atomic E-state index is 0.179. The molecule has 0 fully saturated rings. The van der Waals surface area contributed by atoms with Crippen molar-refractivity contribution in [2.24, 2.45) is 0 Å². The number of aryl methyl sites for hydroxylation is 1. The Balaban J connectivity index is 2.11. The normalized spacial score (nSPS) is 11.4. The number of nitrogens with one attached hydrogen (secondary N) is 1. The van der Waals surface area contributed by atoms with E-state index in [0.717, 1.165) is 11.1 Å². The zero-order valence-corrected chi connectivity index (χ0v) is 11.9. The third-order valence-electron chi connectivity index (χ3n) is 3.00. The highest BCUT2D eigenvalue weighted by atomic mass is 16.3. The van der Waals surface area contributed by atoms with Crippen molar-refractivity contribution >= 4 is 5.91 Å². The molecule has 0 saturated carbocycles. The van der Waals surface area contributed by atoms with E-state index in [9.17, 15) is 4.79 Å². The molecular formula is C16H16N2O3. The van der Waals surface area contributed by atoms with Gasteiger partial charge in [0.2, 0.25) is 5.76 Å². The van der Waals surface area contributed by atoms with E-state index in [2.05, 4.69) is 22.1 Å². The van der Waals surface area contributed by atoms with Gasteiger partial charge < -0.3 is 14.8 Å². The van der Waals surface area contributed by atoms with Crippen molar-refractivity contribution in [3.8, 4) is 11.8 Å². The molecule has 0 aliphatic carbocycles. The molecule has 1 aromatic carbocycles. The fourth-order valence-electron chi connectivity index (χ4n) is 1.89. The van der Waals surface area contributed by atoms with Crippen LogP contribution in [0.5, 0.6) is 0 Å². The molecule has 1 atom stereocenters. The lowest BCUT2D eigenvalue weighted by molar-refractivity contribution is 0.0911. The molecule has 1 aromatic heterocycles. The van der Waals surface area contributed by atoms with Crippen LogP contribution >= 0.6 is 0 Å². The molecule has 0 aliphatic rings. The van der Waals surface area contributed by atoms with E-state index < -0.39 is 0 Å². The minimum atomic E-state index is -0.302. The topological polar surface area (TPSA) is 75.4 Å². The van der Waals surface area contributed by atoms with Gasteiger partial charge in [0.25, 0.3) is 5.91 Å². The summed E-state index contributed by atoms with van der Waals surface area (Å²) in [7, 11) is 0. The molecule has 1 unspecified atom stereocenters. The molecule has 5 nitrogen and oxygen atoms in total. The van der Waals surface area contributed by atoms with E-state index in [4.69, 9.17) is 9.52 Å². The number of hydrogen-bond donors (Lipinski definition) is 2. The summed E-state index contributed by atoms with van der Waals surface area (Å²) in [4.78, 5) is 16.0. The highest BCUT2D eigenvalue weighted by Crippen LogP contribution is 2.15. The maximum Gasteiger partial charge on any atom is 0.289 e. The molecule has 2 N–H and O–H groups in total. The zero-order chi connectivity index (χ0) is 15.2. The lowest BCUT2D eigenvalue weighted by Gasteiger charge is -2.13. The number of aliphatic hydroxyl groups is 1. The van der Waals surface area contributed by atoms with Gasteiger partial charge in [-0.25, -0.2) is 4.98 Å². The summed E-state index contributed by atoms with van der Waals surface area (Å²) < 4.78 is 5.07. The van der Waals surface area contributed by atoms with E-state index in [0.29, 0.717) is 5.69 Å². The number of carbonyl (C=O) groups is 1. The maximum absolute atomic E-state index is 12.1. The number of rotatable bonds is 3. The Hall–Kier alpha value is -2.58. The summed E-state index contributed by atoms with van der Waals surface area (Å²) in [6.07, 6.45) is 1.25. The number of oxazole rings is 1. The van der Waals surface area contributed by atoms with Crippen LogP contribution in [-0.2, 0) is 0 Å². The van der Waals surface area contributed by atoms with Crippen molar-refractivity contribution in [2.75, 3.05) is 6.61 Å². The van der Waals surface area contributed by atoms with Crippen LogP contribution in [0.15, 0.2) is 35.1 Å². The van der Waals surface area contributed by atoms with Crippen LogP contribution in [0.2, 0.25) is 0 Å². The molecule has 0 bridgehead atoms. The van der Waals surface area contributed by atoms with Crippen molar-refractivity contribution in [3.05, 3.63) is 53.2 Å². The highest BCUT2D eigenvalue weighted by molar-refractivity contribution is 5.92. The molecule has 0 aliphatic heterocycles.